The Bertz CT molecular complexity index is 969. The van der Waals surface area contributed by atoms with Crippen LogP contribution >= 0.6 is 0 Å². The SMILES string of the molecule is Cc1cc(C(=O)N2CCCN(c3nc(N)nc4nc[nH]c34)CC2)no1.O=CO. The van der Waals surface area contributed by atoms with E-state index in [9.17, 15) is 4.79 Å². The molecule has 148 valence electrons. The maximum absolute atomic E-state index is 12.6. The van der Waals surface area contributed by atoms with Crippen LogP contribution in [-0.4, -0.2) is 73.7 Å². The van der Waals surface area contributed by atoms with Gasteiger partial charge in [0.1, 0.15) is 11.3 Å². The van der Waals surface area contributed by atoms with E-state index in [1.54, 1.807) is 24.2 Å². The van der Waals surface area contributed by atoms with Crippen molar-refractivity contribution in [2.45, 2.75) is 13.3 Å². The second-order valence-electron chi connectivity index (χ2n) is 6.07. The Morgan fingerprint density at radius 2 is 2.11 bits per heavy atom. The molecule has 3 aromatic heterocycles. The molecule has 1 amide bonds. The lowest BCUT2D eigenvalue weighted by Gasteiger charge is -2.22. The highest BCUT2D eigenvalue weighted by Gasteiger charge is 2.24. The summed E-state index contributed by atoms with van der Waals surface area (Å²) in [5.41, 5.74) is 7.43. The third kappa shape index (κ3) is 4.00. The van der Waals surface area contributed by atoms with Gasteiger partial charge in [-0.2, -0.15) is 9.97 Å². The van der Waals surface area contributed by atoms with Crippen molar-refractivity contribution in [1.82, 2.24) is 30.0 Å². The quantitative estimate of drug-likeness (QED) is 0.519. The number of rotatable bonds is 2. The Labute approximate surface area is 159 Å². The van der Waals surface area contributed by atoms with E-state index in [-0.39, 0.29) is 18.3 Å². The fourth-order valence-electron chi connectivity index (χ4n) is 3.02. The molecular formula is C16H20N8O4. The molecule has 0 radical (unpaired) electrons. The second-order valence-corrected chi connectivity index (χ2v) is 6.07. The third-order valence-corrected chi connectivity index (χ3v) is 4.21. The van der Waals surface area contributed by atoms with Crippen LogP contribution in [0.3, 0.4) is 0 Å². The van der Waals surface area contributed by atoms with Crippen LogP contribution in [0.15, 0.2) is 16.9 Å². The topological polar surface area (TPSA) is 167 Å². The number of fused-ring (bicyclic) bond motifs is 1. The van der Waals surface area contributed by atoms with E-state index in [0.29, 0.717) is 42.6 Å². The Morgan fingerprint density at radius 3 is 2.82 bits per heavy atom. The second kappa shape index (κ2) is 8.33. The number of anilines is 2. The van der Waals surface area contributed by atoms with Crippen LogP contribution in [0.5, 0.6) is 0 Å². The zero-order valence-corrected chi connectivity index (χ0v) is 15.2. The van der Waals surface area contributed by atoms with Crippen LogP contribution in [-0.2, 0) is 4.79 Å². The molecular weight excluding hydrogens is 368 g/mol. The van der Waals surface area contributed by atoms with Crippen LogP contribution < -0.4 is 10.6 Å². The van der Waals surface area contributed by atoms with E-state index in [0.717, 1.165) is 18.5 Å². The lowest BCUT2D eigenvalue weighted by Crippen LogP contribution is -2.35. The van der Waals surface area contributed by atoms with Gasteiger partial charge < -0.3 is 30.1 Å². The molecule has 0 saturated carbocycles. The molecule has 1 aliphatic rings. The average Bonchev–Trinajstić information content (AvgIpc) is 3.23. The Balaban J connectivity index is 0.000000706. The third-order valence-electron chi connectivity index (χ3n) is 4.21. The van der Waals surface area contributed by atoms with Crippen molar-refractivity contribution in [3.63, 3.8) is 0 Å². The van der Waals surface area contributed by atoms with Gasteiger partial charge in [-0.25, -0.2) is 4.98 Å². The minimum atomic E-state index is -0.250. The molecule has 0 spiro atoms. The number of carboxylic acid groups (broad SMARTS) is 1. The molecule has 12 nitrogen and oxygen atoms in total. The zero-order chi connectivity index (χ0) is 20.1. The maximum atomic E-state index is 12.6. The van der Waals surface area contributed by atoms with Crippen molar-refractivity contribution >= 4 is 35.3 Å². The molecule has 4 N–H and O–H groups in total. The van der Waals surface area contributed by atoms with Crippen molar-refractivity contribution < 1.29 is 19.2 Å². The number of H-pyrrole nitrogens is 1. The van der Waals surface area contributed by atoms with Crippen molar-refractivity contribution in [3.8, 4) is 0 Å². The lowest BCUT2D eigenvalue weighted by molar-refractivity contribution is -0.122. The highest BCUT2D eigenvalue weighted by Crippen LogP contribution is 2.23. The van der Waals surface area contributed by atoms with Crippen molar-refractivity contribution in [2.24, 2.45) is 0 Å². The number of aromatic amines is 1. The van der Waals surface area contributed by atoms with Crippen molar-refractivity contribution in [3.05, 3.63) is 23.8 Å². The van der Waals surface area contributed by atoms with E-state index < -0.39 is 0 Å². The van der Waals surface area contributed by atoms with Crippen LogP contribution in [0, 0.1) is 6.92 Å². The van der Waals surface area contributed by atoms with E-state index >= 15 is 0 Å². The minimum Gasteiger partial charge on any atom is -0.483 e. The summed E-state index contributed by atoms with van der Waals surface area (Å²) in [6.45, 7) is 4.11. The van der Waals surface area contributed by atoms with E-state index in [2.05, 4.69) is 30.0 Å². The highest BCUT2D eigenvalue weighted by molar-refractivity contribution is 5.92. The van der Waals surface area contributed by atoms with Crippen LogP contribution in [0.2, 0.25) is 0 Å². The Kier molecular flexibility index (Phi) is 5.67. The predicted molar refractivity (Wildman–Crippen MR) is 98.8 cm³/mol. The van der Waals surface area contributed by atoms with Gasteiger partial charge in [0.25, 0.3) is 12.4 Å². The number of nitrogen functional groups attached to an aromatic ring is 1. The lowest BCUT2D eigenvalue weighted by atomic mass is 10.3. The van der Waals surface area contributed by atoms with Crippen LogP contribution in [0.4, 0.5) is 11.8 Å². The summed E-state index contributed by atoms with van der Waals surface area (Å²) in [6.07, 6.45) is 2.38. The summed E-state index contributed by atoms with van der Waals surface area (Å²) in [6, 6.07) is 1.66. The number of carbonyl (C=O) groups excluding carboxylic acids is 1. The molecule has 3 aromatic rings. The molecule has 0 unspecified atom stereocenters. The molecule has 1 aliphatic heterocycles. The number of imidazole rings is 1. The number of nitrogens with zero attached hydrogens (tertiary/aromatic N) is 6. The van der Waals surface area contributed by atoms with E-state index in [1.165, 1.54) is 0 Å². The molecule has 4 heterocycles. The number of amides is 1. The van der Waals surface area contributed by atoms with Gasteiger partial charge in [0.15, 0.2) is 17.2 Å². The molecule has 12 heteroatoms. The first-order valence-electron chi connectivity index (χ1n) is 8.55. The van der Waals surface area contributed by atoms with Gasteiger partial charge in [0.2, 0.25) is 5.95 Å². The first-order chi connectivity index (χ1) is 13.5. The van der Waals surface area contributed by atoms with Crippen molar-refractivity contribution in [1.29, 1.82) is 0 Å². The first kappa shape index (κ1) is 19.1. The molecule has 1 saturated heterocycles. The Hall–Kier alpha value is -3.70. The van der Waals surface area contributed by atoms with Gasteiger partial charge in [0, 0.05) is 32.2 Å². The number of carbonyl (C=O) groups is 2. The van der Waals surface area contributed by atoms with E-state index in [1.807, 2.05) is 0 Å². The monoisotopic (exact) mass is 388 g/mol. The van der Waals surface area contributed by atoms with Gasteiger partial charge in [-0.1, -0.05) is 5.16 Å². The fraction of sp³-hybridized carbons (Fsp3) is 0.375. The van der Waals surface area contributed by atoms with Crippen molar-refractivity contribution in [2.75, 3.05) is 36.8 Å². The largest absolute Gasteiger partial charge is 0.483 e. The van der Waals surface area contributed by atoms with Crippen LogP contribution in [0.1, 0.15) is 22.7 Å². The number of nitrogens with two attached hydrogens (primary N) is 1. The number of hydrogen-bond donors (Lipinski definition) is 3. The smallest absolute Gasteiger partial charge is 0.290 e. The number of nitrogens with one attached hydrogen (secondary N) is 1. The summed E-state index contributed by atoms with van der Waals surface area (Å²) < 4.78 is 5.00. The minimum absolute atomic E-state index is 0.118. The molecule has 0 aliphatic carbocycles. The maximum Gasteiger partial charge on any atom is 0.290 e. The number of aromatic nitrogens is 5. The molecule has 1 fully saturated rings. The number of aryl methyl sites for hydroxylation is 1. The summed E-state index contributed by atoms with van der Waals surface area (Å²) >= 11 is 0. The van der Waals surface area contributed by atoms with Gasteiger partial charge >= 0.3 is 0 Å². The molecule has 4 rings (SSSR count). The zero-order valence-electron chi connectivity index (χ0n) is 15.2. The average molecular weight is 388 g/mol. The van der Waals surface area contributed by atoms with Gasteiger partial charge in [-0.05, 0) is 13.3 Å². The normalized spacial score (nSPS) is 14.3. The van der Waals surface area contributed by atoms with Gasteiger partial charge in [0.05, 0.1) is 6.33 Å². The van der Waals surface area contributed by atoms with Gasteiger partial charge in [-0.3, -0.25) is 9.59 Å². The fourth-order valence-corrected chi connectivity index (χ4v) is 3.02. The van der Waals surface area contributed by atoms with Gasteiger partial charge in [-0.15, -0.1) is 0 Å². The highest BCUT2D eigenvalue weighted by atomic mass is 16.5. The summed E-state index contributed by atoms with van der Waals surface area (Å²) in [7, 11) is 0. The summed E-state index contributed by atoms with van der Waals surface area (Å²) in [5.74, 6) is 1.40. The standard InChI is InChI=1S/C15H18N8O2.CH2O2/c1-9-7-10(21-25-9)14(24)23-4-2-3-22(5-6-23)13-11-12(18-8-17-11)19-15(16)20-13;2-1-3/h7-8H,2-6H2,1H3,(H3,16,17,18,19,20);1H,(H,2,3). The molecule has 0 aromatic carbocycles. The van der Waals surface area contributed by atoms with Crippen LogP contribution in [0.25, 0.3) is 11.2 Å². The molecule has 28 heavy (non-hydrogen) atoms. The summed E-state index contributed by atoms with van der Waals surface area (Å²) in [4.78, 5) is 40.5. The summed E-state index contributed by atoms with van der Waals surface area (Å²) in [5, 5.41) is 10.7. The Morgan fingerprint density at radius 1 is 1.32 bits per heavy atom. The first-order valence-corrected chi connectivity index (χ1v) is 8.55. The molecule has 0 bridgehead atoms. The number of hydrogen-bond acceptors (Lipinski definition) is 9. The molecule has 0 atom stereocenters. The van der Waals surface area contributed by atoms with E-state index in [4.69, 9.17) is 20.2 Å². The predicted octanol–water partition coefficient (Wildman–Crippen LogP) is 0.285.